The molecule has 0 aliphatic carbocycles. The Morgan fingerprint density at radius 2 is 1.81 bits per heavy atom. The number of aryl methyl sites for hydroxylation is 1. The first kappa shape index (κ1) is 14.5. The molecule has 0 aromatic heterocycles. The highest BCUT2D eigenvalue weighted by Crippen LogP contribution is 2.25. The van der Waals surface area contributed by atoms with Gasteiger partial charge >= 0.3 is 0 Å². The lowest BCUT2D eigenvalue weighted by atomic mass is 10.1. The SMILES string of the molecule is Cc1ccc(C2NC(C)C(=O)N2CCN2CCCC2)cc1. The third kappa shape index (κ3) is 3.11. The lowest BCUT2D eigenvalue weighted by molar-refractivity contribution is -0.130. The minimum Gasteiger partial charge on any atom is -0.320 e. The zero-order valence-electron chi connectivity index (χ0n) is 13.0. The predicted molar refractivity (Wildman–Crippen MR) is 83.9 cm³/mol. The molecule has 0 saturated carbocycles. The van der Waals surface area contributed by atoms with Gasteiger partial charge in [-0.3, -0.25) is 10.1 Å². The van der Waals surface area contributed by atoms with Crippen LogP contribution >= 0.6 is 0 Å². The summed E-state index contributed by atoms with van der Waals surface area (Å²) in [5.74, 6) is 0.222. The fourth-order valence-electron chi connectivity index (χ4n) is 3.29. The smallest absolute Gasteiger partial charge is 0.241 e. The van der Waals surface area contributed by atoms with Crippen molar-refractivity contribution in [2.24, 2.45) is 0 Å². The summed E-state index contributed by atoms with van der Waals surface area (Å²) in [6, 6.07) is 8.39. The highest BCUT2D eigenvalue weighted by molar-refractivity contribution is 5.84. The predicted octanol–water partition coefficient (Wildman–Crippen LogP) is 1.91. The van der Waals surface area contributed by atoms with Gasteiger partial charge in [0.15, 0.2) is 0 Å². The minimum absolute atomic E-state index is 0.0238. The van der Waals surface area contributed by atoms with Crippen molar-refractivity contribution in [2.45, 2.75) is 38.9 Å². The number of nitrogens with zero attached hydrogens (tertiary/aromatic N) is 2. The van der Waals surface area contributed by atoms with Gasteiger partial charge in [0, 0.05) is 13.1 Å². The molecule has 4 heteroatoms. The monoisotopic (exact) mass is 287 g/mol. The second kappa shape index (κ2) is 6.16. The van der Waals surface area contributed by atoms with Gasteiger partial charge < -0.3 is 9.80 Å². The van der Waals surface area contributed by atoms with Crippen molar-refractivity contribution in [3.63, 3.8) is 0 Å². The highest BCUT2D eigenvalue weighted by atomic mass is 16.2. The first-order valence-electron chi connectivity index (χ1n) is 8.00. The van der Waals surface area contributed by atoms with Crippen molar-refractivity contribution in [2.75, 3.05) is 26.2 Å². The van der Waals surface area contributed by atoms with E-state index in [1.807, 2.05) is 11.8 Å². The van der Waals surface area contributed by atoms with Crippen LogP contribution < -0.4 is 5.32 Å². The summed E-state index contributed by atoms with van der Waals surface area (Å²) >= 11 is 0. The molecule has 2 aliphatic rings. The summed E-state index contributed by atoms with van der Waals surface area (Å²) in [5.41, 5.74) is 2.43. The summed E-state index contributed by atoms with van der Waals surface area (Å²) in [7, 11) is 0. The number of hydrogen-bond donors (Lipinski definition) is 1. The van der Waals surface area contributed by atoms with Crippen LogP contribution in [0.1, 0.15) is 37.1 Å². The molecule has 3 rings (SSSR count). The lowest BCUT2D eigenvalue weighted by Gasteiger charge is -2.27. The van der Waals surface area contributed by atoms with Crippen LogP contribution in [-0.4, -0.2) is 47.9 Å². The average Bonchev–Trinajstić information content (AvgIpc) is 3.08. The van der Waals surface area contributed by atoms with Crippen LogP contribution in [0, 0.1) is 6.92 Å². The van der Waals surface area contributed by atoms with E-state index in [0.29, 0.717) is 0 Å². The lowest BCUT2D eigenvalue weighted by Crippen LogP contribution is -2.37. The molecule has 0 spiro atoms. The van der Waals surface area contributed by atoms with Crippen LogP contribution in [-0.2, 0) is 4.79 Å². The zero-order valence-corrected chi connectivity index (χ0v) is 13.0. The molecule has 2 atom stereocenters. The van der Waals surface area contributed by atoms with Crippen molar-refractivity contribution in [3.05, 3.63) is 35.4 Å². The van der Waals surface area contributed by atoms with E-state index in [1.54, 1.807) is 0 Å². The fraction of sp³-hybridized carbons (Fsp3) is 0.588. The Labute approximate surface area is 127 Å². The van der Waals surface area contributed by atoms with Gasteiger partial charge in [0.25, 0.3) is 0 Å². The van der Waals surface area contributed by atoms with Crippen LogP contribution in [0.25, 0.3) is 0 Å². The molecule has 2 unspecified atom stereocenters. The van der Waals surface area contributed by atoms with E-state index in [-0.39, 0.29) is 18.1 Å². The van der Waals surface area contributed by atoms with Crippen LogP contribution in [0.15, 0.2) is 24.3 Å². The Morgan fingerprint density at radius 1 is 1.14 bits per heavy atom. The van der Waals surface area contributed by atoms with Crippen molar-refractivity contribution in [1.82, 2.24) is 15.1 Å². The number of carbonyl (C=O) groups is 1. The first-order valence-corrected chi connectivity index (χ1v) is 8.00. The van der Waals surface area contributed by atoms with Gasteiger partial charge in [-0.2, -0.15) is 0 Å². The molecule has 21 heavy (non-hydrogen) atoms. The topological polar surface area (TPSA) is 35.6 Å². The summed E-state index contributed by atoms with van der Waals surface area (Å²) in [6.07, 6.45) is 2.62. The third-order valence-corrected chi connectivity index (χ3v) is 4.62. The molecule has 2 fully saturated rings. The maximum atomic E-state index is 12.4. The number of carbonyl (C=O) groups excluding carboxylic acids is 1. The number of benzene rings is 1. The molecule has 1 N–H and O–H groups in total. The number of nitrogens with one attached hydrogen (secondary N) is 1. The van der Waals surface area contributed by atoms with Gasteiger partial charge in [-0.05, 0) is 45.3 Å². The molecule has 2 heterocycles. The number of likely N-dealkylation sites (tertiary alicyclic amines) is 1. The molecule has 114 valence electrons. The van der Waals surface area contributed by atoms with Crippen LogP contribution in [0.5, 0.6) is 0 Å². The molecule has 1 amide bonds. The average molecular weight is 287 g/mol. The highest BCUT2D eigenvalue weighted by Gasteiger charge is 2.36. The summed E-state index contributed by atoms with van der Waals surface area (Å²) in [4.78, 5) is 16.9. The number of amides is 1. The first-order chi connectivity index (χ1) is 10.1. The van der Waals surface area contributed by atoms with E-state index in [0.717, 1.165) is 13.1 Å². The molecule has 0 radical (unpaired) electrons. The molecule has 2 saturated heterocycles. The second-order valence-electron chi connectivity index (χ2n) is 6.28. The van der Waals surface area contributed by atoms with Gasteiger partial charge in [-0.15, -0.1) is 0 Å². The van der Waals surface area contributed by atoms with E-state index in [4.69, 9.17) is 0 Å². The molecule has 4 nitrogen and oxygen atoms in total. The fourth-order valence-corrected chi connectivity index (χ4v) is 3.29. The van der Waals surface area contributed by atoms with E-state index < -0.39 is 0 Å². The second-order valence-corrected chi connectivity index (χ2v) is 6.28. The van der Waals surface area contributed by atoms with Gasteiger partial charge in [0.2, 0.25) is 5.91 Å². The van der Waals surface area contributed by atoms with Gasteiger partial charge in [-0.25, -0.2) is 0 Å². The Hall–Kier alpha value is -1.39. The Bertz CT molecular complexity index is 493. The van der Waals surface area contributed by atoms with E-state index >= 15 is 0 Å². The maximum absolute atomic E-state index is 12.4. The van der Waals surface area contributed by atoms with E-state index in [2.05, 4.69) is 41.4 Å². The van der Waals surface area contributed by atoms with Crippen molar-refractivity contribution in [1.29, 1.82) is 0 Å². The Morgan fingerprint density at radius 3 is 2.48 bits per heavy atom. The van der Waals surface area contributed by atoms with Crippen molar-refractivity contribution in [3.8, 4) is 0 Å². The number of rotatable bonds is 4. The molecular formula is C17H25N3O. The zero-order chi connectivity index (χ0) is 14.8. The van der Waals surface area contributed by atoms with Crippen molar-refractivity contribution >= 4 is 5.91 Å². The van der Waals surface area contributed by atoms with Crippen LogP contribution in [0.4, 0.5) is 0 Å². The van der Waals surface area contributed by atoms with Crippen molar-refractivity contribution < 1.29 is 4.79 Å². The summed E-state index contributed by atoms with van der Waals surface area (Å²) < 4.78 is 0. The van der Waals surface area contributed by atoms with Crippen LogP contribution in [0.2, 0.25) is 0 Å². The van der Waals surface area contributed by atoms with Gasteiger partial charge in [-0.1, -0.05) is 29.8 Å². The summed E-state index contributed by atoms with van der Waals surface area (Å²) in [5, 5.41) is 3.42. The number of hydrogen-bond acceptors (Lipinski definition) is 3. The largest absolute Gasteiger partial charge is 0.320 e. The van der Waals surface area contributed by atoms with Gasteiger partial charge in [0.1, 0.15) is 6.17 Å². The van der Waals surface area contributed by atoms with Crippen LogP contribution in [0.3, 0.4) is 0 Å². The van der Waals surface area contributed by atoms with E-state index in [1.165, 1.54) is 37.1 Å². The third-order valence-electron chi connectivity index (χ3n) is 4.62. The quantitative estimate of drug-likeness (QED) is 0.919. The molecule has 2 aliphatic heterocycles. The summed E-state index contributed by atoms with van der Waals surface area (Å²) in [6.45, 7) is 8.21. The molecule has 0 bridgehead atoms. The molecular weight excluding hydrogens is 262 g/mol. The Kier molecular flexibility index (Phi) is 4.27. The molecule has 1 aromatic carbocycles. The minimum atomic E-state index is -0.0881. The standard InChI is InChI=1S/C17H25N3O/c1-13-5-7-15(8-6-13)16-18-14(2)17(21)20(16)12-11-19-9-3-4-10-19/h5-8,14,16,18H,3-4,9-12H2,1-2H3. The Balaban J connectivity index is 1.71. The normalized spacial score (nSPS) is 26.8. The maximum Gasteiger partial charge on any atom is 0.241 e. The van der Waals surface area contributed by atoms with E-state index in [9.17, 15) is 4.79 Å². The molecule has 1 aromatic rings. The van der Waals surface area contributed by atoms with Gasteiger partial charge in [0.05, 0.1) is 6.04 Å².